The lowest BCUT2D eigenvalue weighted by molar-refractivity contribution is -0.0297. The van der Waals surface area contributed by atoms with Crippen molar-refractivity contribution in [3.8, 4) is 5.75 Å². The van der Waals surface area contributed by atoms with E-state index in [9.17, 15) is 13.9 Å². The Balaban J connectivity index is 1.28. The lowest BCUT2D eigenvalue weighted by Crippen LogP contribution is -2.39. The third-order valence-electron chi connectivity index (χ3n) is 6.28. The molecule has 0 saturated heterocycles. The number of fused-ring (bicyclic) bond motifs is 1. The summed E-state index contributed by atoms with van der Waals surface area (Å²) in [5.41, 5.74) is 0.872. The normalized spacial score (nSPS) is 13.0. The zero-order chi connectivity index (χ0) is 26.5. The molecule has 0 aliphatic heterocycles. The van der Waals surface area contributed by atoms with Gasteiger partial charge in [-0.15, -0.1) is 0 Å². The predicted molar refractivity (Wildman–Crippen MR) is 144 cm³/mol. The third-order valence-corrected chi connectivity index (χ3v) is 6.28. The third kappa shape index (κ3) is 5.68. The van der Waals surface area contributed by atoms with Gasteiger partial charge in [-0.25, -0.2) is 18.4 Å². The van der Waals surface area contributed by atoms with Crippen molar-refractivity contribution in [2.75, 3.05) is 6.61 Å². The molecule has 0 spiro atoms. The molecule has 1 aromatic heterocycles. The molecule has 4 aromatic carbocycles. The molecule has 7 heteroatoms. The summed E-state index contributed by atoms with van der Waals surface area (Å²) < 4.78 is 35.3. The maximum atomic E-state index is 14.6. The van der Waals surface area contributed by atoms with Gasteiger partial charge < -0.3 is 9.84 Å². The zero-order valence-corrected chi connectivity index (χ0v) is 20.5. The van der Waals surface area contributed by atoms with Crippen molar-refractivity contribution in [2.45, 2.75) is 12.1 Å². The summed E-state index contributed by atoms with van der Waals surface area (Å²) in [6, 6.07) is 24.7. The summed E-state index contributed by atoms with van der Waals surface area (Å²) in [7, 11) is 0. The maximum absolute atomic E-state index is 14.6. The van der Waals surface area contributed by atoms with Crippen LogP contribution in [0.1, 0.15) is 16.7 Å². The Morgan fingerprint density at radius 3 is 2.50 bits per heavy atom. The van der Waals surface area contributed by atoms with E-state index in [1.165, 1.54) is 34.2 Å². The number of hydrogen-bond donors (Lipinski definition) is 1. The van der Waals surface area contributed by atoms with Crippen LogP contribution in [0.4, 0.5) is 8.78 Å². The summed E-state index contributed by atoms with van der Waals surface area (Å²) in [5, 5.41) is 17.7. The summed E-state index contributed by atoms with van der Waals surface area (Å²) in [6.45, 7) is 3.73. The number of halogens is 2. The Morgan fingerprint density at radius 1 is 0.974 bits per heavy atom. The minimum Gasteiger partial charge on any atom is -0.490 e. The number of aliphatic hydroxyl groups is 1. The number of benzene rings is 4. The highest BCUT2D eigenvalue weighted by Gasteiger charge is 2.34. The molecule has 0 aliphatic carbocycles. The van der Waals surface area contributed by atoms with E-state index in [1.54, 1.807) is 12.1 Å². The lowest BCUT2D eigenvalue weighted by Gasteiger charge is -2.29. The van der Waals surface area contributed by atoms with E-state index in [1.807, 2.05) is 36.4 Å². The monoisotopic (exact) mass is 509 g/mol. The van der Waals surface area contributed by atoms with Crippen LogP contribution in [0.2, 0.25) is 0 Å². The topological polar surface area (TPSA) is 60.2 Å². The van der Waals surface area contributed by atoms with Gasteiger partial charge in [0.1, 0.15) is 42.2 Å². The number of rotatable bonds is 9. The van der Waals surface area contributed by atoms with E-state index in [2.05, 4.69) is 47.0 Å². The van der Waals surface area contributed by atoms with Crippen molar-refractivity contribution in [3.05, 3.63) is 139 Å². The van der Waals surface area contributed by atoms with Gasteiger partial charge in [-0.3, -0.25) is 0 Å². The molecule has 1 heterocycles. The van der Waals surface area contributed by atoms with Gasteiger partial charge in [-0.2, -0.15) is 5.10 Å². The predicted octanol–water partition coefficient (Wildman–Crippen LogP) is 6.40. The largest absolute Gasteiger partial charge is 0.490 e. The quantitative estimate of drug-likeness (QED) is 0.234. The molecule has 38 heavy (non-hydrogen) atoms. The van der Waals surface area contributed by atoms with Crippen LogP contribution < -0.4 is 4.74 Å². The molecule has 1 N–H and O–H groups in total. The molecule has 0 amide bonds. The Hall–Kier alpha value is -4.62. The highest BCUT2D eigenvalue weighted by molar-refractivity contribution is 5.86. The number of ether oxygens (including phenoxy) is 1. The lowest BCUT2D eigenvalue weighted by atomic mass is 9.94. The van der Waals surface area contributed by atoms with Crippen molar-refractivity contribution in [1.29, 1.82) is 0 Å². The Bertz CT molecular complexity index is 1600. The number of aromatic nitrogens is 3. The second-order valence-corrected chi connectivity index (χ2v) is 9.03. The summed E-state index contributed by atoms with van der Waals surface area (Å²) in [4.78, 5) is 3.86. The molecule has 1 atom stereocenters. The zero-order valence-electron chi connectivity index (χ0n) is 20.5. The van der Waals surface area contributed by atoms with E-state index in [0.29, 0.717) is 5.75 Å². The average Bonchev–Trinajstić information content (AvgIpc) is 3.43. The van der Waals surface area contributed by atoms with Crippen molar-refractivity contribution in [2.24, 2.45) is 0 Å². The van der Waals surface area contributed by atoms with E-state index < -0.39 is 17.2 Å². The fourth-order valence-electron chi connectivity index (χ4n) is 4.23. The van der Waals surface area contributed by atoms with Gasteiger partial charge in [-0.1, -0.05) is 73.3 Å². The molecular weight excluding hydrogens is 484 g/mol. The number of nitrogens with zero attached hydrogens (tertiary/aromatic N) is 3. The van der Waals surface area contributed by atoms with Gasteiger partial charge in [0.2, 0.25) is 0 Å². The second-order valence-electron chi connectivity index (χ2n) is 9.03. The molecule has 5 rings (SSSR count). The summed E-state index contributed by atoms with van der Waals surface area (Å²) >= 11 is 0. The highest BCUT2D eigenvalue weighted by Crippen LogP contribution is 2.28. The molecule has 190 valence electrons. The molecule has 5 aromatic rings. The number of hydrogen-bond acceptors (Lipinski definition) is 4. The Labute approximate surface area is 219 Å². The molecule has 0 aliphatic rings. The minimum atomic E-state index is -1.82. The van der Waals surface area contributed by atoms with Crippen LogP contribution >= 0.6 is 0 Å². The first-order valence-corrected chi connectivity index (χ1v) is 12.0. The fourth-order valence-corrected chi connectivity index (χ4v) is 4.23. The van der Waals surface area contributed by atoms with Crippen molar-refractivity contribution < 1.29 is 18.6 Å². The Kier molecular flexibility index (Phi) is 7.11. The van der Waals surface area contributed by atoms with E-state index in [0.717, 1.165) is 28.8 Å². The van der Waals surface area contributed by atoms with Gasteiger partial charge >= 0.3 is 0 Å². The molecule has 5 nitrogen and oxygen atoms in total. The van der Waals surface area contributed by atoms with Crippen LogP contribution in [-0.2, 0) is 12.1 Å². The van der Waals surface area contributed by atoms with Crippen LogP contribution in [0.25, 0.3) is 22.4 Å². The van der Waals surface area contributed by atoms with Gasteiger partial charge in [-0.05, 0) is 51.7 Å². The molecular formula is C31H25F2N3O2. The maximum Gasteiger partial charge on any atom is 0.146 e. The van der Waals surface area contributed by atoms with E-state index in [-0.39, 0.29) is 18.7 Å². The smallest absolute Gasteiger partial charge is 0.146 e. The summed E-state index contributed by atoms with van der Waals surface area (Å²) in [6.07, 6.45) is 6.68. The van der Waals surface area contributed by atoms with Gasteiger partial charge in [0.15, 0.2) is 0 Å². The molecule has 0 saturated carbocycles. The van der Waals surface area contributed by atoms with Gasteiger partial charge in [0.25, 0.3) is 0 Å². The van der Waals surface area contributed by atoms with E-state index in [4.69, 9.17) is 4.74 Å². The van der Waals surface area contributed by atoms with Crippen molar-refractivity contribution in [1.82, 2.24) is 14.8 Å². The van der Waals surface area contributed by atoms with Crippen molar-refractivity contribution in [3.63, 3.8) is 0 Å². The first kappa shape index (κ1) is 25.0. The fraction of sp³-hybridized carbons (Fsp3) is 0.0968. The molecule has 0 fully saturated rings. The minimum absolute atomic E-state index is 0.0989. The van der Waals surface area contributed by atoms with Gasteiger partial charge in [0, 0.05) is 11.6 Å². The van der Waals surface area contributed by atoms with Gasteiger partial charge in [0.05, 0.1) is 6.54 Å². The van der Waals surface area contributed by atoms with Crippen LogP contribution in [0.3, 0.4) is 0 Å². The van der Waals surface area contributed by atoms with Crippen LogP contribution in [0, 0.1) is 11.6 Å². The second kappa shape index (κ2) is 10.8. The van der Waals surface area contributed by atoms with Crippen LogP contribution in [0.15, 0.2) is 110 Å². The standard InChI is InChI=1S/C31H25F2N3O2/c1-22(6-7-23-8-9-25-4-2-3-5-26(25)16-23)24-10-13-28(14-11-24)38-19-31(37,18-36-21-34-20-35-36)29-15-12-27(32)17-30(29)33/h2-17,20-21,37H,1,18-19H2/b7-6+. The number of allylic oxidation sites excluding steroid dienone is 2. The van der Waals surface area contributed by atoms with Crippen molar-refractivity contribution >= 4 is 22.4 Å². The molecule has 0 radical (unpaired) electrons. The van der Waals surface area contributed by atoms with E-state index >= 15 is 0 Å². The SMILES string of the molecule is C=C(/C=C/c1ccc2ccccc2c1)c1ccc(OCC(O)(Cn2cncn2)c2ccc(F)cc2F)cc1. The van der Waals surface area contributed by atoms with Crippen LogP contribution in [0.5, 0.6) is 5.75 Å². The summed E-state index contributed by atoms with van der Waals surface area (Å²) in [5.74, 6) is -1.14. The molecule has 1 unspecified atom stereocenters. The first-order chi connectivity index (χ1) is 18.4. The molecule has 0 bridgehead atoms. The van der Waals surface area contributed by atoms with Crippen LogP contribution in [-0.4, -0.2) is 26.5 Å². The highest BCUT2D eigenvalue weighted by atomic mass is 19.1. The first-order valence-electron chi connectivity index (χ1n) is 12.0. The average molecular weight is 510 g/mol. The Morgan fingerprint density at radius 2 is 1.76 bits per heavy atom.